The van der Waals surface area contributed by atoms with Gasteiger partial charge < -0.3 is 10.2 Å². The molecule has 3 aromatic carbocycles. The van der Waals surface area contributed by atoms with Crippen LogP contribution in [0.15, 0.2) is 48.5 Å². The monoisotopic (exact) mass is 359 g/mol. The summed E-state index contributed by atoms with van der Waals surface area (Å²) in [4.78, 5) is 1.47. The lowest BCUT2D eigenvalue weighted by atomic mass is 9.97. The molecule has 2 N–H and O–H groups in total. The number of rotatable bonds is 3. The molecule has 4 rings (SSSR count). The van der Waals surface area contributed by atoms with Crippen LogP contribution in [0.5, 0.6) is 11.5 Å². The number of aromatic nitrogens is 3. The second-order valence-corrected chi connectivity index (χ2v) is 7.04. The third-order valence-electron chi connectivity index (χ3n) is 4.72. The summed E-state index contributed by atoms with van der Waals surface area (Å²) in [5.74, 6) is 0.394. The fourth-order valence-corrected chi connectivity index (χ4v) is 3.48. The minimum atomic E-state index is 0.125. The third-order valence-corrected chi connectivity index (χ3v) is 4.72. The van der Waals surface area contributed by atoms with Crippen LogP contribution in [0.25, 0.3) is 16.7 Å². The topological polar surface area (TPSA) is 71.2 Å². The van der Waals surface area contributed by atoms with Crippen molar-refractivity contribution in [1.29, 1.82) is 0 Å². The van der Waals surface area contributed by atoms with Crippen molar-refractivity contribution in [1.82, 2.24) is 15.0 Å². The van der Waals surface area contributed by atoms with Gasteiger partial charge in [-0.15, -0.1) is 15.0 Å². The normalized spacial score (nSPS) is 11.2. The maximum absolute atomic E-state index is 10.9. The molecule has 0 fully saturated rings. The number of nitrogens with zero attached hydrogens (tertiary/aromatic N) is 3. The van der Waals surface area contributed by atoms with Crippen LogP contribution < -0.4 is 0 Å². The van der Waals surface area contributed by atoms with Crippen LogP contribution in [0.3, 0.4) is 0 Å². The Morgan fingerprint density at radius 3 is 1.96 bits per heavy atom. The van der Waals surface area contributed by atoms with Crippen molar-refractivity contribution in [2.75, 3.05) is 0 Å². The maximum Gasteiger partial charge on any atom is 0.146 e. The lowest BCUT2D eigenvalue weighted by Gasteiger charge is -2.13. The average molecular weight is 359 g/mol. The fourth-order valence-electron chi connectivity index (χ4n) is 3.48. The maximum atomic E-state index is 10.9. The van der Waals surface area contributed by atoms with Gasteiger partial charge in [0.1, 0.15) is 28.2 Å². The zero-order valence-electron chi connectivity index (χ0n) is 15.6. The van der Waals surface area contributed by atoms with Crippen molar-refractivity contribution in [3.8, 4) is 17.2 Å². The van der Waals surface area contributed by atoms with Gasteiger partial charge >= 0.3 is 0 Å². The minimum Gasteiger partial charge on any atom is -0.507 e. The van der Waals surface area contributed by atoms with Gasteiger partial charge in [-0.2, -0.15) is 0 Å². The number of phenols is 2. The molecule has 0 saturated heterocycles. The van der Waals surface area contributed by atoms with E-state index in [9.17, 15) is 10.2 Å². The van der Waals surface area contributed by atoms with Crippen LogP contribution in [0.4, 0.5) is 0 Å². The van der Waals surface area contributed by atoms with Crippen LogP contribution in [0.2, 0.25) is 0 Å². The summed E-state index contributed by atoms with van der Waals surface area (Å²) in [7, 11) is 0. The molecular weight excluding hydrogens is 338 g/mol. The van der Waals surface area contributed by atoms with E-state index in [4.69, 9.17) is 0 Å². The number of hydrogen-bond donors (Lipinski definition) is 2. The van der Waals surface area contributed by atoms with E-state index in [1.807, 2.05) is 69.3 Å². The van der Waals surface area contributed by atoms with Gasteiger partial charge in [-0.3, -0.25) is 0 Å². The number of hydrogen-bond acceptors (Lipinski definition) is 4. The van der Waals surface area contributed by atoms with E-state index in [0.29, 0.717) is 12.1 Å². The summed E-state index contributed by atoms with van der Waals surface area (Å²) >= 11 is 0. The van der Waals surface area contributed by atoms with Crippen molar-refractivity contribution >= 4 is 11.0 Å². The molecule has 5 heteroatoms. The molecule has 1 aromatic heterocycles. The first-order chi connectivity index (χ1) is 12.9. The molecule has 0 aliphatic rings. The van der Waals surface area contributed by atoms with E-state index in [0.717, 1.165) is 38.9 Å². The first-order valence-corrected chi connectivity index (χ1v) is 8.86. The summed E-state index contributed by atoms with van der Waals surface area (Å²) in [5.41, 5.74) is 6.49. The molecule has 0 aliphatic carbocycles. The molecule has 0 atom stereocenters. The second-order valence-electron chi connectivity index (χ2n) is 7.04. The van der Waals surface area contributed by atoms with Crippen molar-refractivity contribution in [3.05, 3.63) is 76.3 Å². The molecule has 1 heterocycles. The summed E-state index contributed by atoms with van der Waals surface area (Å²) in [6, 6.07) is 15.3. The molecule has 0 unspecified atom stereocenters. The standard InChI is InChI=1S/C22H21N3O2/c1-13-8-15(3)21(26)16(9-13)12-17-10-14(2)11-20(22(17)27)25-23-18-6-4-5-7-19(18)24-25/h4-11,26-27H,12H2,1-3H3. The third kappa shape index (κ3) is 3.12. The first-order valence-electron chi connectivity index (χ1n) is 8.86. The van der Waals surface area contributed by atoms with Crippen LogP contribution in [0.1, 0.15) is 27.8 Å². The Morgan fingerprint density at radius 2 is 1.33 bits per heavy atom. The Balaban J connectivity index is 1.82. The van der Waals surface area contributed by atoms with Crippen molar-refractivity contribution in [2.45, 2.75) is 27.2 Å². The highest BCUT2D eigenvalue weighted by Gasteiger charge is 2.16. The molecule has 27 heavy (non-hydrogen) atoms. The van der Waals surface area contributed by atoms with Gasteiger partial charge in [0.05, 0.1) is 0 Å². The summed E-state index contributed by atoms with van der Waals surface area (Å²) in [6.07, 6.45) is 0.426. The molecule has 0 amide bonds. The number of aryl methyl sites for hydroxylation is 3. The van der Waals surface area contributed by atoms with E-state index in [1.165, 1.54) is 4.80 Å². The van der Waals surface area contributed by atoms with E-state index in [-0.39, 0.29) is 11.5 Å². The van der Waals surface area contributed by atoms with Crippen LogP contribution in [-0.2, 0) is 6.42 Å². The van der Waals surface area contributed by atoms with Crippen molar-refractivity contribution < 1.29 is 10.2 Å². The zero-order chi connectivity index (χ0) is 19.1. The zero-order valence-corrected chi connectivity index (χ0v) is 15.6. The Labute approximate surface area is 157 Å². The molecule has 0 radical (unpaired) electrons. The Kier molecular flexibility index (Phi) is 4.07. The Morgan fingerprint density at radius 1 is 0.778 bits per heavy atom. The molecule has 136 valence electrons. The largest absolute Gasteiger partial charge is 0.507 e. The lowest BCUT2D eigenvalue weighted by molar-refractivity contribution is 0.456. The Hall–Kier alpha value is -3.34. The van der Waals surface area contributed by atoms with E-state index >= 15 is 0 Å². The fraction of sp³-hybridized carbons (Fsp3) is 0.182. The van der Waals surface area contributed by atoms with Crippen molar-refractivity contribution in [3.63, 3.8) is 0 Å². The minimum absolute atomic E-state index is 0.125. The number of benzene rings is 3. The van der Waals surface area contributed by atoms with Crippen molar-refractivity contribution in [2.24, 2.45) is 0 Å². The molecule has 5 nitrogen and oxygen atoms in total. The molecule has 0 saturated carbocycles. The summed E-state index contributed by atoms with van der Waals surface area (Å²) < 4.78 is 0. The smallest absolute Gasteiger partial charge is 0.146 e. The van der Waals surface area contributed by atoms with Gasteiger partial charge in [0, 0.05) is 12.0 Å². The summed E-state index contributed by atoms with van der Waals surface area (Å²) in [6.45, 7) is 5.85. The van der Waals surface area contributed by atoms with Gasteiger partial charge in [-0.05, 0) is 55.7 Å². The Bertz CT molecular complexity index is 1130. The molecule has 4 aromatic rings. The molecule has 0 spiro atoms. The highest BCUT2D eigenvalue weighted by atomic mass is 16.3. The predicted molar refractivity (Wildman–Crippen MR) is 106 cm³/mol. The van der Waals surface area contributed by atoms with Crippen LogP contribution >= 0.6 is 0 Å². The van der Waals surface area contributed by atoms with Crippen LogP contribution in [-0.4, -0.2) is 25.2 Å². The lowest BCUT2D eigenvalue weighted by Crippen LogP contribution is -2.02. The van der Waals surface area contributed by atoms with E-state index in [2.05, 4.69) is 10.2 Å². The number of phenolic OH excluding ortho intramolecular Hbond substituents is 2. The number of aromatic hydroxyl groups is 2. The first kappa shape index (κ1) is 17.1. The quantitative estimate of drug-likeness (QED) is 0.570. The van der Waals surface area contributed by atoms with Gasteiger partial charge in [0.2, 0.25) is 0 Å². The van der Waals surface area contributed by atoms with Gasteiger partial charge in [-0.1, -0.05) is 35.9 Å². The predicted octanol–water partition coefficient (Wildman–Crippen LogP) is 4.35. The molecule has 0 aliphatic heterocycles. The van der Waals surface area contributed by atoms with E-state index < -0.39 is 0 Å². The average Bonchev–Trinajstić information content (AvgIpc) is 3.05. The molecule has 0 bridgehead atoms. The highest BCUT2D eigenvalue weighted by Crippen LogP contribution is 2.33. The molecular formula is C22H21N3O2. The van der Waals surface area contributed by atoms with E-state index in [1.54, 1.807) is 0 Å². The SMILES string of the molecule is Cc1cc(C)c(O)c(Cc2cc(C)cc(-n3nc4ccccc4n3)c2O)c1. The van der Waals surface area contributed by atoms with Crippen LogP contribution in [0, 0.1) is 20.8 Å². The highest BCUT2D eigenvalue weighted by molar-refractivity contribution is 5.73. The number of fused-ring (bicyclic) bond motifs is 1. The van der Waals surface area contributed by atoms with Gasteiger partial charge in [-0.25, -0.2) is 0 Å². The van der Waals surface area contributed by atoms with Gasteiger partial charge in [0.15, 0.2) is 0 Å². The van der Waals surface area contributed by atoms with Gasteiger partial charge in [0.25, 0.3) is 0 Å². The summed E-state index contributed by atoms with van der Waals surface area (Å²) in [5, 5.41) is 30.3. The second kappa shape index (κ2) is 6.43.